The molecule has 3 heterocycles. The van der Waals surface area contributed by atoms with Gasteiger partial charge in [-0.1, -0.05) is 6.42 Å². The Labute approximate surface area is 131 Å². The Bertz CT molecular complexity index is 562. The summed E-state index contributed by atoms with van der Waals surface area (Å²) >= 11 is 0. The van der Waals surface area contributed by atoms with E-state index in [-0.39, 0.29) is 0 Å². The van der Waals surface area contributed by atoms with Crippen molar-refractivity contribution < 1.29 is 4.79 Å². The first-order chi connectivity index (χ1) is 10.8. The highest BCUT2D eigenvalue weighted by Crippen LogP contribution is 2.32. The summed E-state index contributed by atoms with van der Waals surface area (Å²) < 4.78 is 0. The monoisotopic (exact) mass is 300 g/mol. The van der Waals surface area contributed by atoms with Gasteiger partial charge in [0, 0.05) is 61.9 Å². The van der Waals surface area contributed by atoms with Crippen molar-refractivity contribution in [2.24, 2.45) is 5.92 Å². The summed E-state index contributed by atoms with van der Waals surface area (Å²) in [5.74, 6) is 2.13. The Kier molecular flexibility index (Phi) is 3.82. The highest BCUT2D eigenvalue weighted by molar-refractivity contribution is 5.79. The number of carbonyl (C=O) groups is 1. The Morgan fingerprint density at radius 3 is 2.77 bits per heavy atom. The number of hydrogen-bond donors (Lipinski definition) is 1. The van der Waals surface area contributed by atoms with Crippen molar-refractivity contribution in [3.05, 3.63) is 23.3 Å². The van der Waals surface area contributed by atoms with E-state index in [9.17, 15) is 4.79 Å². The maximum atomic E-state index is 12.3. The number of carbonyl (C=O) groups excluding carboxylic acids is 1. The summed E-state index contributed by atoms with van der Waals surface area (Å²) in [4.78, 5) is 23.8. The lowest BCUT2D eigenvalue weighted by atomic mass is 9.83. The highest BCUT2D eigenvalue weighted by Gasteiger charge is 2.32. The first-order valence-electron chi connectivity index (χ1n) is 8.65. The molecule has 0 atom stereocenters. The molecule has 1 amide bonds. The van der Waals surface area contributed by atoms with E-state index >= 15 is 0 Å². The summed E-state index contributed by atoms with van der Waals surface area (Å²) in [5, 5.41) is 3.36. The fraction of sp³-hybridized carbons (Fsp3) is 0.706. The van der Waals surface area contributed by atoms with E-state index in [1.165, 1.54) is 17.7 Å². The van der Waals surface area contributed by atoms with Crippen molar-refractivity contribution in [3.63, 3.8) is 0 Å². The molecule has 0 radical (unpaired) electrons. The van der Waals surface area contributed by atoms with Crippen molar-refractivity contribution in [2.75, 3.05) is 19.6 Å². The van der Waals surface area contributed by atoms with E-state index in [0.29, 0.717) is 17.7 Å². The molecule has 2 fully saturated rings. The van der Waals surface area contributed by atoms with E-state index in [0.717, 1.165) is 64.1 Å². The average molecular weight is 300 g/mol. The Hall–Kier alpha value is -1.49. The normalized spacial score (nSPS) is 23.0. The van der Waals surface area contributed by atoms with E-state index in [1.807, 2.05) is 6.20 Å². The third-order valence-electron chi connectivity index (χ3n) is 5.45. The average Bonchev–Trinajstić information content (AvgIpc) is 2.53. The second-order valence-corrected chi connectivity index (χ2v) is 6.85. The van der Waals surface area contributed by atoms with Crippen LogP contribution >= 0.6 is 0 Å². The van der Waals surface area contributed by atoms with Crippen LogP contribution in [-0.2, 0) is 17.8 Å². The second-order valence-electron chi connectivity index (χ2n) is 6.85. The zero-order chi connectivity index (χ0) is 14.9. The van der Waals surface area contributed by atoms with Crippen molar-refractivity contribution in [1.82, 2.24) is 20.2 Å². The number of nitrogens with zero attached hydrogens (tertiary/aromatic N) is 3. The number of amides is 1. The summed E-state index contributed by atoms with van der Waals surface area (Å²) in [6, 6.07) is 0. The van der Waals surface area contributed by atoms with Gasteiger partial charge in [-0.2, -0.15) is 0 Å². The SMILES string of the molecule is O=C(C1CCC1)N1CCC(c2ncc3c(n2)CCNC3)CC1. The maximum Gasteiger partial charge on any atom is 0.225 e. The van der Waals surface area contributed by atoms with Crippen LogP contribution in [0.2, 0.25) is 0 Å². The van der Waals surface area contributed by atoms with E-state index < -0.39 is 0 Å². The first-order valence-corrected chi connectivity index (χ1v) is 8.65. The van der Waals surface area contributed by atoms with E-state index in [2.05, 4.69) is 15.2 Å². The van der Waals surface area contributed by atoms with Crippen molar-refractivity contribution >= 4 is 5.91 Å². The molecule has 1 N–H and O–H groups in total. The molecule has 118 valence electrons. The topological polar surface area (TPSA) is 58.1 Å². The number of piperidine rings is 1. The fourth-order valence-corrected chi connectivity index (χ4v) is 3.72. The molecule has 3 aliphatic rings. The lowest BCUT2D eigenvalue weighted by Gasteiger charge is -2.36. The minimum Gasteiger partial charge on any atom is -0.342 e. The predicted molar refractivity (Wildman–Crippen MR) is 83.3 cm³/mol. The lowest BCUT2D eigenvalue weighted by Crippen LogP contribution is -2.43. The van der Waals surface area contributed by atoms with Gasteiger partial charge in [-0.05, 0) is 25.7 Å². The van der Waals surface area contributed by atoms with E-state index in [1.54, 1.807) is 0 Å². The number of nitrogens with one attached hydrogen (secondary N) is 1. The number of fused-ring (bicyclic) bond motifs is 1. The molecule has 5 nitrogen and oxygen atoms in total. The van der Waals surface area contributed by atoms with Crippen LogP contribution in [0.25, 0.3) is 0 Å². The Morgan fingerprint density at radius 2 is 2.05 bits per heavy atom. The Balaban J connectivity index is 1.39. The van der Waals surface area contributed by atoms with Crippen LogP contribution in [0, 0.1) is 5.92 Å². The van der Waals surface area contributed by atoms with Gasteiger partial charge >= 0.3 is 0 Å². The zero-order valence-corrected chi connectivity index (χ0v) is 13.1. The van der Waals surface area contributed by atoms with Crippen LogP contribution in [0.3, 0.4) is 0 Å². The molecule has 5 heteroatoms. The molecule has 1 aromatic heterocycles. The van der Waals surface area contributed by atoms with E-state index in [4.69, 9.17) is 4.98 Å². The molecule has 1 aromatic rings. The third kappa shape index (κ3) is 2.62. The molecule has 4 rings (SSSR count). The summed E-state index contributed by atoms with van der Waals surface area (Å²) in [6.07, 6.45) is 8.44. The molecular formula is C17H24N4O. The molecule has 1 saturated heterocycles. The van der Waals surface area contributed by atoms with Crippen molar-refractivity contribution in [2.45, 2.75) is 51.0 Å². The van der Waals surface area contributed by atoms with Gasteiger partial charge in [0.25, 0.3) is 0 Å². The largest absolute Gasteiger partial charge is 0.342 e. The lowest BCUT2D eigenvalue weighted by molar-refractivity contribution is -0.139. The number of rotatable bonds is 2. The van der Waals surface area contributed by atoms with Crippen LogP contribution in [0.5, 0.6) is 0 Å². The smallest absolute Gasteiger partial charge is 0.225 e. The number of aromatic nitrogens is 2. The molecular weight excluding hydrogens is 276 g/mol. The van der Waals surface area contributed by atoms with Crippen molar-refractivity contribution in [1.29, 1.82) is 0 Å². The van der Waals surface area contributed by atoms with Crippen LogP contribution in [0.4, 0.5) is 0 Å². The quantitative estimate of drug-likeness (QED) is 0.902. The molecule has 2 aliphatic heterocycles. The fourth-order valence-electron chi connectivity index (χ4n) is 3.72. The predicted octanol–water partition coefficient (Wildman–Crippen LogP) is 1.63. The van der Waals surface area contributed by atoms with Crippen molar-refractivity contribution in [3.8, 4) is 0 Å². The zero-order valence-electron chi connectivity index (χ0n) is 13.1. The Morgan fingerprint density at radius 1 is 1.23 bits per heavy atom. The van der Waals surface area contributed by atoms with Gasteiger partial charge in [0.15, 0.2) is 0 Å². The van der Waals surface area contributed by atoms with Gasteiger partial charge in [0.1, 0.15) is 5.82 Å². The molecule has 0 bridgehead atoms. The number of likely N-dealkylation sites (tertiary alicyclic amines) is 1. The van der Waals surface area contributed by atoms with Crippen LogP contribution in [0.15, 0.2) is 6.20 Å². The van der Waals surface area contributed by atoms with Crippen LogP contribution in [-0.4, -0.2) is 40.4 Å². The van der Waals surface area contributed by atoms with Gasteiger partial charge in [-0.25, -0.2) is 9.97 Å². The minimum atomic E-state index is 0.323. The molecule has 1 saturated carbocycles. The maximum absolute atomic E-state index is 12.3. The molecule has 22 heavy (non-hydrogen) atoms. The second kappa shape index (κ2) is 5.95. The van der Waals surface area contributed by atoms with Gasteiger partial charge in [0.05, 0.1) is 0 Å². The number of hydrogen-bond acceptors (Lipinski definition) is 4. The molecule has 1 aliphatic carbocycles. The first kappa shape index (κ1) is 14.1. The van der Waals surface area contributed by atoms with Gasteiger partial charge in [0.2, 0.25) is 5.91 Å². The summed E-state index contributed by atoms with van der Waals surface area (Å²) in [5.41, 5.74) is 2.46. The highest BCUT2D eigenvalue weighted by atomic mass is 16.2. The minimum absolute atomic E-state index is 0.323. The summed E-state index contributed by atoms with van der Waals surface area (Å²) in [6.45, 7) is 3.66. The van der Waals surface area contributed by atoms with Gasteiger partial charge in [-0.15, -0.1) is 0 Å². The van der Waals surface area contributed by atoms with Gasteiger partial charge < -0.3 is 10.2 Å². The summed E-state index contributed by atoms with van der Waals surface area (Å²) in [7, 11) is 0. The van der Waals surface area contributed by atoms with Crippen LogP contribution < -0.4 is 5.32 Å². The molecule has 0 aromatic carbocycles. The van der Waals surface area contributed by atoms with Crippen LogP contribution in [0.1, 0.15) is 55.1 Å². The third-order valence-corrected chi connectivity index (χ3v) is 5.45. The van der Waals surface area contributed by atoms with Gasteiger partial charge in [-0.3, -0.25) is 4.79 Å². The molecule has 0 spiro atoms. The molecule has 0 unspecified atom stereocenters. The standard InChI is InChI=1S/C17H24N4O/c22-17(13-2-1-3-13)21-8-5-12(6-9-21)16-19-11-14-10-18-7-4-15(14)20-16/h11-13,18H,1-10H2.